The number of aryl methyl sites for hydroxylation is 2. The Hall–Kier alpha value is -2.70. The number of hydrogen-bond donors (Lipinski definition) is 1. The normalized spacial score (nSPS) is 10.4. The van der Waals surface area contributed by atoms with E-state index in [1.54, 1.807) is 13.0 Å². The molecule has 2 amide bonds. The second kappa shape index (κ2) is 7.53. The summed E-state index contributed by atoms with van der Waals surface area (Å²) in [5.41, 5.74) is 1.67. The molecule has 1 N–H and O–H groups in total. The summed E-state index contributed by atoms with van der Waals surface area (Å²) in [7, 11) is 1.52. The van der Waals surface area contributed by atoms with Crippen LogP contribution in [0.5, 0.6) is 0 Å². The van der Waals surface area contributed by atoms with Crippen molar-refractivity contribution >= 4 is 17.5 Å². The summed E-state index contributed by atoms with van der Waals surface area (Å²) in [5, 5.41) is 6.38. The summed E-state index contributed by atoms with van der Waals surface area (Å²) >= 11 is 0. The van der Waals surface area contributed by atoms with Crippen LogP contribution < -0.4 is 5.32 Å². The molecular weight excluding hydrogens is 296 g/mol. The van der Waals surface area contributed by atoms with Gasteiger partial charge in [-0.15, -0.1) is 0 Å². The van der Waals surface area contributed by atoms with Crippen LogP contribution >= 0.6 is 0 Å². The average molecular weight is 316 g/mol. The van der Waals surface area contributed by atoms with Crippen LogP contribution in [0.4, 0.5) is 5.69 Å². The summed E-state index contributed by atoms with van der Waals surface area (Å²) in [6.07, 6.45) is 1.79. The van der Waals surface area contributed by atoms with E-state index in [2.05, 4.69) is 22.4 Å². The molecular formula is C16H20N4O3. The molecule has 0 atom stereocenters. The van der Waals surface area contributed by atoms with Gasteiger partial charge in [-0.25, -0.2) is 0 Å². The van der Waals surface area contributed by atoms with Gasteiger partial charge in [0.25, 0.3) is 0 Å². The van der Waals surface area contributed by atoms with Crippen molar-refractivity contribution in [1.29, 1.82) is 0 Å². The van der Waals surface area contributed by atoms with Gasteiger partial charge in [-0.3, -0.25) is 9.59 Å². The number of para-hydroxylation sites is 1. The first-order chi connectivity index (χ1) is 11.0. The Morgan fingerprint density at radius 2 is 2.04 bits per heavy atom. The van der Waals surface area contributed by atoms with E-state index in [9.17, 15) is 9.59 Å². The summed E-state index contributed by atoms with van der Waals surface area (Å²) in [4.78, 5) is 29.6. The second-order valence-electron chi connectivity index (χ2n) is 5.25. The summed E-state index contributed by atoms with van der Waals surface area (Å²) in [6.45, 7) is 3.83. The minimum absolute atomic E-state index is 0.111. The van der Waals surface area contributed by atoms with Crippen LogP contribution in [-0.2, 0) is 22.6 Å². The lowest BCUT2D eigenvalue weighted by molar-refractivity contribution is -0.142. The van der Waals surface area contributed by atoms with Gasteiger partial charge in [0.15, 0.2) is 5.82 Å². The molecule has 1 aromatic carbocycles. The quantitative estimate of drug-likeness (QED) is 0.851. The first-order valence-electron chi connectivity index (χ1n) is 7.44. The molecule has 0 aliphatic carbocycles. The fourth-order valence-corrected chi connectivity index (χ4v) is 2.17. The topological polar surface area (TPSA) is 88.3 Å². The molecule has 1 heterocycles. The second-order valence-corrected chi connectivity index (χ2v) is 5.25. The van der Waals surface area contributed by atoms with Gasteiger partial charge in [0, 0.05) is 19.7 Å². The zero-order chi connectivity index (χ0) is 16.8. The standard InChI is InChI=1S/C16H20N4O3/c1-4-7-12-8-5-6-9-13(12)18-15(21)16(22)20(3)10-14-17-11(2)23-19-14/h5-6,8-9H,4,7,10H2,1-3H3,(H,18,21). The third-order valence-corrected chi connectivity index (χ3v) is 3.27. The van der Waals surface area contributed by atoms with Crippen molar-refractivity contribution in [1.82, 2.24) is 15.0 Å². The molecule has 0 radical (unpaired) electrons. The third kappa shape index (κ3) is 4.38. The number of likely N-dealkylation sites (N-methyl/N-ethyl adjacent to an activating group) is 1. The number of amides is 2. The Kier molecular flexibility index (Phi) is 5.46. The third-order valence-electron chi connectivity index (χ3n) is 3.27. The Morgan fingerprint density at radius 1 is 1.30 bits per heavy atom. The lowest BCUT2D eigenvalue weighted by Crippen LogP contribution is -2.37. The van der Waals surface area contributed by atoms with Gasteiger partial charge in [-0.2, -0.15) is 4.98 Å². The number of rotatable bonds is 5. The molecule has 122 valence electrons. The fourth-order valence-electron chi connectivity index (χ4n) is 2.17. The minimum Gasteiger partial charge on any atom is -0.340 e. The van der Waals surface area contributed by atoms with Crippen molar-refractivity contribution in [2.24, 2.45) is 0 Å². The number of anilines is 1. The molecule has 23 heavy (non-hydrogen) atoms. The molecule has 0 saturated heterocycles. The van der Waals surface area contributed by atoms with Crippen molar-refractivity contribution in [3.8, 4) is 0 Å². The van der Waals surface area contributed by atoms with Crippen molar-refractivity contribution in [3.63, 3.8) is 0 Å². The van der Waals surface area contributed by atoms with Crippen LogP contribution in [0.25, 0.3) is 0 Å². The number of benzene rings is 1. The fraction of sp³-hybridized carbons (Fsp3) is 0.375. The van der Waals surface area contributed by atoms with Crippen molar-refractivity contribution in [2.75, 3.05) is 12.4 Å². The molecule has 0 saturated carbocycles. The zero-order valence-corrected chi connectivity index (χ0v) is 13.5. The monoisotopic (exact) mass is 316 g/mol. The number of carbonyl (C=O) groups excluding carboxylic acids is 2. The van der Waals surface area contributed by atoms with Gasteiger partial charge in [-0.1, -0.05) is 36.7 Å². The number of aromatic nitrogens is 2. The molecule has 7 nitrogen and oxygen atoms in total. The van der Waals surface area contributed by atoms with Gasteiger partial charge < -0.3 is 14.7 Å². The van der Waals surface area contributed by atoms with E-state index < -0.39 is 11.8 Å². The summed E-state index contributed by atoms with van der Waals surface area (Å²) in [6, 6.07) is 7.46. The molecule has 0 aliphatic rings. The molecule has 0 fully saturated rings. The van der Waals surface area contributed by atoms with E-state index in [-0.39, 0.29) is 6.54 Å². The summed E-state index contributed by atoms with van der Waals surface area (Å²) < 4.78 is 4.84. The predicted molar refractivity (Wildman–Crippen MR) is 84.6 cm³/mol. The van der Waals surface area contributed by atoms with Gasteiger partial charge in [0.1, 0.15) is 0 Å². The van der Waals surface area contributed by atoms with E-state index in [1.165, 1.54) is 11.9 Å². The van der Waals surface area contributed by atoms with E-state index >= 15 is 0 Å². The molecule has 7 heteroatoms. The van der Waals surface area contributed by atoms with Crippen LogP contribution in [0.2, 0.25) is 0 Å². The maximum atomic E-state index is 12.2. The Bertz CT molecular complexity index is 696. The van der Waals surface area contributed by atoms with Crippen molar-refractivity contribution in [2.45, 2.75) is 33.2 Å². The molecule has 1 aromatic heterocycles. The highest BCUT2D eigenvalue weighted by Crippen LogP contribution is 2.16. The number of carbonyl (C=O) groups is 2. The van der Waals surface area contributed by atoms with Gasteiger partial charge >= 0.3 is 11.8 Å². The lowest BCUT2D eigenvalue weighted by Gasteiger charge is -2.15. The average Bonchev–Trinajstić information content (AvgIpc) is 2.93. The molecule has 0 aliphatic heterocycles. The largest absolute Gasteiger partial charge is 0.340 e. The molecule has 0 bridgehead atoms. The van der Waals surface area contributed by atoms with E-state index in [0.717, 1.165) is 18.4 Å². The SMILES string of the molecule is CCCc1ccccc1NC(=O)C(=O)N(C)Cc1noc(C)n1. The van der Waals surface area contributed by atoms with E-state index in [0.29, 0.717) is 17.4 Å². The first kappa shape index (κ1) is 16.7. The van der Waals surface area contributed by atoms with Gasteiger partial charge in [-0.05, 0) is 18.1 Å². The maximum absolute atomic E-state index is 12.2. The molecule has 2 aromatic rings. The number of hydrogen-bond acceptors (Lipinski definition) is 5. The van der Waals surface area contributed by atoms with Crippen LogP contribution in [0.1, 0.15) is 30.6 Å². The molecule has 0 unspecified atom stereocenters. The number of nitrogens with one attached hydrogen (secondary N) is 1. The van der Waals surface area contributed by atoms with Gasteiger partial charge in [0.2, 0.25) is 5.89 Å². The molecule has 2 rings (SSSR count). The van der Waals surface area contributed by atoms with E-state index in [1.807, 2.05) is 18.2 Å². The lowest BCUT2D eigenvalue weighted by atomic mass is 10.1. The van der Waals surface area contributed by atoms with Crippen LogP contribution in [0.3, 0.4) is 0 Å². The zero-order valence-electron chi connectivity index (χ0n) is 13.5. The van der Waals surface area contributed by atoms with E-state index in [4.69, 9.17) is 4.52 Å². The van der Waals surface area contributed by atoms with Crippen molar-refractivity contribution in [3.05, 3.63) is 41.5 Å². The van der Waals surface area contributed by atoms with Gasteiger partial charge in [0.05, 0.1) is 6.54 Å². The van der Waals surface area contributed by atoms with Crippen LogP contribution in [-0.4, -0.2) is 33.9 Å². The van der Waals surface area contributed by atoms with Crippen LogP contribution in [0, 0.1) is 6.92 Å². The summed E-state index contributed by atoms with van der Waals surface area (Å²) in [5.74, 6) is -0.564. The Labute approximate surface area is 134 Å². The first-order valence-corrected chi connectivity index (χ1v) is 7.44. The number of nitrogens with zero attached hydrogens (tertiary/aromatic N) is 3. The maximum Gasteiger partial charge on any atom is 0.313 e. The Morgan fingerprint density at radius 3 is 2.70 bits per heavy atom. The minimum atomic E-state index is -0.684. The molecule has 0 spiro atoms. The highest BCUT2D eigenvalue weighted by Gasteiger charge is 2.21. The highest BCUT2D eigenvalue weighted by molar-refractivity contribution is 6.39. The van der Waals surface area contributed by atoms with Crippen molar-refractivity contribution < 1.29 is 14.1 Å². The smallest absolute Gasteiger partial charge is 0.313 e. The Balaban J connectivity index is 2.01. The predicted octanol–water partition coefficient (Wildman–Crippen LogP) is 1.93. The highest BCUT2D eigenvalue weighted by atomic mass is 16.5. The van der Waals surface area contributed by atoms with Crippen LogP contribution in [0.15, 0.2) is 28.8 Å².